The molecule has 0 spiro atoms. The molecule has 0 bridgehead atoms. The van der Waals surface area contributed by atoms with Crippen molar-refractivity contribution in [3.63, 3.8) is 0 Å². The molecule has 0 amide bonds. The van der Waals surface area contributed by atoms with E-state index in [4.69, 9.17) is 15.4 Å². The van der Waals surface area contributed by atoms with E-state index < -0.39 is 37.1 Å². The van der Waals surface area contributed by atoms with Gasteiger partial charge in [-0.15, -0.1) is 0 Å². The van der Waals surface area contributed by atoms with Crippen molar-refractivity contribution in [2.24, 2.45) is 5.11 Å². The van der Waals surface area contributed by atoms with E-state index in [1.165, 1.54) is 6.42 Å². The summed E-state index contributed by atoms with van der Waals surface area (Å²) in [7, 11) is 0. The first-order chi connectivity index (χ1) is 7.61. The first kappa shape index (κ1) is 13.2. The van der Waals surface area contributed by atoms with Crippen LogP contribution in [0.15, 0.2) is 5.11 Å². The van der Waals surface area contributed by atoms with E-state index >= 15 is 0 Å². The molecule has 1 saturated heterocycles. The van der Waals surface area contributed by atoms with E-state index in [9.17, 15) is 15.3 Å². The minimum Gasteiger partial charge on any atom is -0.394 e. The lowest BCUT2D eigenvalue weighted by Crippen LogP contribution is -2.58. The average molecular weight is 232 g/mol. The van der Waals surface area contributed by atoms with Crippen molar-refractivity contribution in [3.8, 4) is 0 Å². The van der Waals surface area contributed by atoms with E-state index in [2.05, 4.69) is 10.0 Å². The highest BCUT2D eigenvalue weighted by Gasteiger charge is 2.42. The summed E-state index contributed by atoms with van der Waals surface area (Å²) in [5, 5.41) is 40.5. The Morgan fingerprint density at radius 3 is 2.50 bits per heavy atom. The Hall–Kier alpha value is -0.890. The van der Waals surface area contributed by atoms with Crippen LogP contribution in [0.1, 0.15) is 0 Å². The van der Waals surface area contributed by atoms with Gasteiger partial charge < -0.3 is 25.2 Å². The fourth-order valence-electron chi connectivity index (χ4n) is 1.51. The molecule has 91 valence electrons. The van der Waals surface area contributed by atoms with E-state index in [-0.39, 0.29) is 6.54 Å². The number of hydrogen-bond donors (Lipinski definition) is 4. The summed E-state index contributed by atoms with van der Waals surface area (Å²) in [6.07, 6.45) is -4.55. The Bertz CT molecular complexity index is 268. The minimum atomic E-state index is -1.40. The largest absolute Gasteiger partial charge is 0.394 e. The Balaban J connectivity index is 2.59. The first-order valence-corrected chi connectivity index (χ1v) is 4.76. The Morgan fingerprint density at radius 2 is 1.94 bits per heavy atom. The first-order valence-electron chi connectivity index (χ1n) is 4.76. The molecule has 0 saturated carbocycles. The SMILES string of the molecule is [N-]=[N+]=NC[CH][C@@H]1O[C@H](CO)[C@H](O)[C@H](O)[C@H]1O. The number of rotatable bonds is 4. The van der Waals surface area contributed by atoms with Gasteiger partial charge in [0.15, 0.2) is 0 Å². The van der Waals surface area contributed by atoms with Gasteiger partial charge in [-0.3, -0.25) is 0 Å². The quantitative estimate of drug-likeness (QED) is 0.261. The molecule has 8 heteroatoms. The van der Waals surface area contributed by atoms with Gasteiger partial charge in [-0.2, -0.15) is 0 Å². The second-order valence-corrected chi connectivity index (χ2v) is 3.44. The van der Waals surface area contributed by atoms with Gasteiger partial charge in [0.25, 0.3) is 0 Å². The van der Waals surface area contributed by atoms with E-state index in [1.54, 1.807) is 0 Å². The summed E-state index contributed by atoms with van der Waals surface area (Å²) in [6.45, 7) is -0.490. The van der Waals surface area contributed by atoms with E-state index in [0.29, 0.717) is 0 Å². The number of azide groups is 1. The van der Waals surface area contributed by atoms with E-state index in [1.807, 2.05) is 0 Å². The third-order valence-corrected chi connectivity index (χ3v) is 2.41. The fraction of sp³-hybridized carbons (Fsp3) is 0.875. The molecule has 1 heterocycles. The lowest BCUT2D eigenvalue weighted by atomic mass is 9.94. The molecule has 1 radical (unpaired) electrons. The fourth-order valence-corrected chi connectivity index (χ4v) is 1.51. The lowest BCUT2D eigenvalue weighted by Gasteiger charge is -2.39. The van der Waals surface area contributed by atoms with Crippen LogP contribution in [0.25, 0.3) is 10.4 Å². The highest BCUT2D eigenvalue weighted by molar-refractivity contribution is 4.98. The van der Waals surface area contributed by atoms with Crippen molar-refractivity contribution in [3.05, 3.63) is 16.9 Å². The van der Waals surface area contributed by atoms with Crippen LogP contribution in [0.2, 0.25) is 0 Å². The predicted molar refractivity (Wildman–Crippen MR) is 52.1 cm³/mol. The molecule has 1 rings (SSSR count). The molecule has 5 atom stereocenters. The van der Waals surface area contributed by atoms with Crippen LogP contribution >= 0.6 is 0 Å². The Morgan fingerprint density at radius 1 is 1.25 bits per heavy atom. The zero-order valence-electron chi connectivity index (χ0n) is 8.42. The second-order valence-electron chi connectivity index (χ2n) is 3.44. The number of hydrogen-bond acceptors (Lipinski definition) is 6. The summed E-state index contributed by atoms with van der Waals surface area (Å²) >= 11 is 0. The molecular formula is C8H14N3O5. The summed E-state index contributed by atoms with van der Waals surface area (Å²) < 4.78 is 5.13. The van der Waals surface area contributed by atoms with Crippen LogP contribution < -0.4 is 0 Å². The molecule has 0 aromatic carbocycles. The summed E-state index contributed by atoms with van der Waals surface area (Å²) in [5.74, 6) is 0. The predicted octanol–water partition coefficient (Wildman–Crippen LogP) is -1.66. The zero-order chi connectivity index (χ0) is 12.1. The van der Waals surface area contributed by atoms with Gasteiger partial charge in [0, 0.05) is 11.5 Å². The van der Waals surface area contributed by atoms with Crippen molar-refractivity contribution in [2.45, 2.75) is 30.5 Å². The average Bonchev–Trinajstić information content (AvgIpc) is 2.29. The summed E-state index contributed by atoms with van der Waals surface area (Å²) in [6, 6.07) is 0. The highest BCUT2D eigenvalue weighted by Crippen LogP contribution is 2.22. The standard InChI is InChI=1S/C8H14N3O5/c9-11-10-2-1-4-6(13)8(15)7(14)5(3-12)16-4/h1,4-8,12-15H,2-3H2/t4-,5+,6-,7-,8+/m0/s1. The van der Waals surface area contributed by atoms with Crippen LogP contribution in [-0.2, 0) is 4.74 Å². The molecule has 4 N–H and O–H groups in total. The second kappa shape index (κ2) is 6.00. The Labute approximate surface area is 91.7 Å². The molecule has 1 fully saturated rings. The third-order valence-electron chi connectivity index (χ3n) is 2.41. The van der Waals surface area contributed by atoms with Gasteiger partial charge in [0.2, 0.25) is 0 Å². The molecule has 8 nitrogen and oxygen atoms in total. The molecule has 1 aliphatic rings. The molecule has 0 aromatic rings. The summed E-state index contributed by atoms with van der Waals surface area (Å²) in [5.41, 5.74) is 8.06. The zero-order valence-corrected chi connectivity index (χ0v) is 8.42. The smallest absolute Gasteiger partial charge is 0.111 e. The maximum atomic E-state index is 9.54. The minimum absolute atomic E-state index is 0.0147. The van der Waals surface area contributed by atoms with Crippen molar-refractivity contribution < 1.29 is 25.2 Å². The number of ether oxygens (including phenoxy) is 1. The van der Waals surface area contributed by atoms with Gasteiger partial charge in [0.05, 0.1) is 12.7 Å². The van der Waals surface area contributed by atoms with E-state index in [0.717, 1.165) is 0 Å². The van der Waals surface area contributed by atoms with Gasteiger partial charge in [0.1, 0.15) is 24.4 Å². The number of nitrogens with zero attached hydrogens (tertiary/aromatic N) is 3. The molecule has 0 aromatic heterocycles. The van der Waals surface area contributed by atoms with Crippen LogP contribution in [0.5, 0.6) is 0 Å². The number of aliphatic hydroxyl groups excluding tert-OH is 4. The van der Waals surface area contributed by atoms with Crippen LogP contribution in [0.4, 0.5) is 0 Å². The lowest BCUT2D eigenvalue weighted by molar-refractivity contribution is -0.220. The molecular weight excluding hydrogens is 218 g/mol. The molecule has 0 aliphatic carbocycles. The van der Waals surface area contributed by atoms with Crippen LogP contribution in [-0.4, -0.2) is 64.1 Å². The molecule has 1 aliphatic heterocycles. The monoisotopic (exact) mass is 232 g/mol. The third kappa shape index (κ3) is 2.82. The molecule has 0 unspecified atom stereocenters. The van der Waals surface area contributed by atoms with Crippen molar-refractivity contribution >= 4 is 0 Å². The maximum absolute atomic E-state index is 9.54. The normalized spacial score (nSPS) is 39.1. The van der Waals surface area contributed by atoms with Gasteiger partial charge in [-0.05, 0) is 12.0 Å². The van der Waals surface area contributed by atoms with Crippen LogP contribution in [0.3, 0.4) is 0 Å². The summed E-state index contributed by atoms with van der Waals surface area (Å²) in [4.78, 5) is 2.51. The highest BCUT2D eigenvalue weighted by atomic mass is 16.5. The number of aliphatic hydroxyl groups is 4. The maximum Gasteiger partial charge on any atom is 0.111 e. The van der Waals surface area contributed by atoms with Gasteiger partial charge >= 0.3 is 0 Å². The Kier molecular flexibility index (Phi) is 4.94. The van der Waals surface area contributed by atoms with Crippen molar-refractivity contribution in [1.29, 1.82) is 0 Å². The molecule has 16 heavy (non-hydrogen) atoms. The van der Waals surface area contributed by atoms with Crippen LogP contribution in [0, 0.1) is 6.42 Å². The van der Waals surface area contributed by atoms with Crippen molar-refractivity contribution in [2.75, 3.05) is 13.2 Å². The topological polar surface area (TPSA) is 139 Å². The van der Waals surface area contributed by atoms with Gasteiger partial charge in [-0.25, -0.2) is 0 Å². The van der Waals surface area contributed by atoms with Crippen molar-refractivity contribution in [1.82, 2.24) is 0 Å². The van der Waals surface area contributed by atoms with Gasteiger partial charge in [-0.1, -0.05) is 5.11 Å².